The summed E-state index contributed by atoms with van der Waals surface area (Å²) in [7, 11) is 0. The third-order valence-corrected chi connectivity index (χ3v) is 7.85. The lowest BCUT2D eigenvalue weighted by atomic mass is 9.82. The Labute approximate surface area is 237 Å². The Balaban J connectivity index is 1.35. The molecule has 1 aromatic carbocycles. The van der Waals surface area contributed by atoms with Gasteiger partial charge in [-0.3, -0.25) is 0 Å². The molecule has 2 aromatic heterocycles. The molecule has 0 radical (unpaired) electrons. The van der Waals surface area contributed by atoms with Crippen LogP contribution in [0.2, 0.25) is 0 Å². The van der Waals surface area contributed by atoms with Gasteiger partial charge in [-0.1, -0.05) is 39.0 Å². The van der Waals surface area contributed by atoms with Gasteiger partial charge < -0.3 is 21.3 Å². The summed E-state index contributed by atoms with van der Waals surface area (Å²) in [5.41, 5.74) is 9.22. The molecule has 2 aliphatic rings. The zero-order valence-corrected chi connectivity index (χ0v) is 23.5. The number of carbonyl (C=O) groups is 1. The molecular formula is C30H36F3N7O. The van der Waals surface area contributed by atoms with Gasteiger partial charge in [0.15, 0.2) is 11.5 Å². The van der Waals surface area contributed by atoms with Crippen molar-refractivity contribution in [2.45, 2.75) is 58.2 Å². The van der Waals surface area contributed by atoms with Gasteiger partial charge in [0.1, 0.15) is 0 Å². The van der Waals surface area contributed by atoms with E-state index in [0.717, 1.165) is 66.9 Å². The number of nitrogens with one attached hydrogen (secondary N) is 2. The van der Waals surface area contributed by atoms with Crippen molar-refractivity contribution in [2.75, 3.05) is 30.7 Å². The van der Waals surface area contributed by atoms with E-state index in [9.17, 15) is 18.0 Å². The Morgan fingerprint density at radius 3 is 2.59 bits per heavy atom. The molecule has 0 bridgehead atoms. The standard InChI is InChI=1S/C30H36F3N7O/c1-4-39(5-2)13-14-40-28-26(27(34)38-40)24(17-25(37-28)19-9-10-19)23-12-11-22(15-18(23)3)36-29(41)35-21-8-6-7-20(16-21)30(31,32)33/h6-8,11-12,15-19,23H,4-5,9-10,13-14H2,1-3H3,(H2,34,38)(H2,35,36,41). The monoisotopic (exact) mass is 567 g/mol. The highest BCUT2D eigenvalue weighted by Crippen LogP contribution is 2.44. The highest BCUT2D eigenvalue weighted by Gasteiger charge is 2.32. The van der Waals surface area contributed by atoms with Gasteiger partial charge in [-0.25, -0.2) is 14.5 Å². The van der Waals surface area contributed by atoms with Crippen molar-refractivity contribution in [1.29, 1.82) is 0 Å². The quantitative estimate of drug-likeness (QED) is 0.284. The Kier molecular flexibility index (Phi) is 8.08. The molecule has 8 nitrogen and oxygen atoms in total. The molecule has 0 aliphatic heterocycles. The first kappa shape index (κ1) is 28.7. The average molecular weight is 568 g/mol. The number of urea groups is 1. The normalized spacial score (nSPS) is 19.0. The molecule has 1 saturated carbocycles. The molecule has 2 amide bonds. The number of anilines is 2. The molecule has 2 unspecified atom stereocenters. The number of pyridine rings is 1. The first-order valence-corrected chi connectivity index (χ1v) is 14.1. The molecule has 41 heavy (non-hydrogen) atoms. The second-order valence-electron chi connectivity index (χ2n) is 10.8. The zero-order chi connectivity index (χ0) is 29.3. The number of likely N-dealkylation sites (N-methyl/N-ethyl adjacent to an activating group) is 1. The summed E-state index contributed by atoms with van der Waals surface area (Å²) in [5.74, 6) is 0.886. The van der Waals surface area contributed by atoms with Gasteiger partial charge in [-0.2, -0.15) is 18.3 Å². The van der Waals surface area contributed by atoms with Crippen LogP contribution in [-0.4, -0.2) is 45.3 Å². The molecule has 11 heteroatoms. The Hall–Kier alpha value is -3.86. The molecule has 0 spiro atoms. The number of alkyl halides is 3. The molecule has 4 N–H and O–H groups in total. The van der Waals surface area contributed by atoms with Gasteiger partial charge in [0.05, 0.1) is 17.5 Å². The summed E-state index contributed by atoms with van der Waals surface area (Å²) in [6, 6.07) is 6.08. The van der Waals surface area contributed by atoms with Crippen LogP contribution in [0.3, 0.4) is 0 Å². The molecule has 2 heterocycles. The van der Waals surface area contributed by atoms with Gasteiger partial charge in [0.25, 0.3) is 0 Å². The van der Waals surface area contributed by atoms with Crippen molar-refractivity contribution in [1.82, 2.24) is 25.0 Å². The highest BCUT2D eigenvalue weighted by molar-refractivity contribution is 5.92. The summed E-state index contributed by atoms with van der Waals surface area (Å²) < 4.78 is 41.0. The second kappa shape index (κ2) is 11.6. The maximum Gasteiger partial charge on any atom is 0.416 e. The first-order chi connectivity index (χ1) is 19.6. The summed E-state index contributed by atoms with van der Waals surface area (Å²) in [5, 5.41) is 10.8. The van der Waals surface area contributed by atoms with Crippen molar-refractivity contribution in [3.8, 4) is 0 Å². The molecule has 2 aliphatic carbocycles. The van der Waals surface area contributed by atoms with E-state index in [1.54, 1.807) is 0 Å². The number of hydrogen-bond donors (Lipinski definition) is 3. The van der Waals surface area contributed by atoms with Crippen LogP contribution >= 0.6 is 0 Å². The largest absolute Gasteiger partial charge is 0.416 e. The van der Waals surface area contributed by atoms with E-state index >= 15 is 0 Å². The number of fused-ring (bicyclic) bond motifs is 1. The van der Waals surface area contributed by atoms with Crippen molar-refractivity contribution in [3.05, 3.63) is 71.1 Å². The summed E-state index contributed by atoms with van der Waals surface area (Å²) in [6.45, 7) is 9.82. The van der Waals surface area contributed by atoms with Gasteiger partial charge in [-0.15, -0.1) is 0 Å². The number of hydrogen-bond acceptors (Lipinski definition) is 5. The fourth-order valence-electron chi connectivity index (χ4n) is 5.39. The van der Waals surface area contributed by atoms with Crippen LogP contribution in [0.4, 0.5) is 29.5 Å². The minimum absolute atomic E-state index is 0.0000605. The Bertz CT molecular complexity index is 1490. The fraction of sp³-hybridized carbons (Fsp3) is 0.433. The van der Waals surface area contributed by atoms with E-state index < -0.39 is 17.8 Å². The van der Waals surface area contributed by atoms with E-state index in [1.807, 2.05) is 22.9 Å². The van der Waals surface area contributed by atoms with E-state index in [2.05, 4.69) is 47.5 Å². The van der Waals surface area contributed by atoms with E-state index in [-0.39, 0.29) is 17.5 Å². The van der Waals surface area contributed by atoms with Crippen molar-refractivity contribution in [3.63, 3.8) is 0 Å². The van der Waals surface area contributed by atoms with Crippen molar-refractivity contribution >= 4 is 28.6 Å². The number of nitrogen functional groups attached to an aromatic ring is 1. The van der Waals surface area contributed by atoms with Crippen LogP contribution in [0.25, 0.3) is 11.0 Å². The molecule has 1 fully saturated rings. The number of aromatic nitrogens is 3. The summed E-state index contributed by atoms with van der Waals surface area (Å²) >= 11 is 0. The second-order valence-corrected chi connectivity index (χ2v) is 10.8. The molecule has 0 saturated heterocycles. The number of nitrogens with zero attached hydrogens (tertiary/aromatic N) is 4. The first-order valence-electron chi connectivity index (χ1n) is 14.1. The number of amides is 2. The van der Waals surface area contributed by atoms with Crippen molar-refractivity contribution < 1.29 is 18.0 Å². The smallest absolute Gasteiger partial charge is 0.382 e. The third kappa shape index (κ3) is 6.40. The SMILES string of the molecule is CCN(CC)CCn1nc(N)c2c(C3C=CC(NC(=O)Nc4cccc(C(F)(F)F)c4)=CC3C)cc(C3CC3)nc21. The third-order valence-electron chi connectivity index (χ3n) is 7.85. The topological polar surface area (TPSA) is 101 Å². The number of benzene rings is 1. The minimum Gasteiger partial charge on any atom is -0.382 e. The van der Waals surface area contributed by atoms with Crippen LogP contribution in [-0.2, 0) is 12.7 Å². The number of carbonyl (C=O) groups excluding carboxylic acids is 1. The van der Waals surface area contributed by atoms with Crippen LogP contribution in [0, 0.1) is 5.92 Å². The maximum atomic E-state index is 13.0. The Morgan fingerprint density at radius 1 is 1.17 bits per heavy atom. The number of halogens is 3. The lowest BCUT2D eigenvalue weighted by molar-refractivity contribution is -0.137. The average Bonchev–Trinajstić information content (AvgIpc) is 3.73. The molecular weight excluding hydrogens is 531 g/mol. The summed E-state index contributed by atoms with van der Waals surface area (Å²) in [6.07, 6.45) is 3.54. The van der Waals surface area contributed by atoms with Crippen LogP contribution < -0.4 is 16.4 Å². The van der Waals surface area contributed by atoms with Gasteiger partial charge in [0, 0.05) is 35.5 Å². The van der Waals surface area contributed by atoms with Crippen molar-refractivity contribution in [2.24, 2.45) is 5.92 Å². The van der Waals surface area contributed by atoms with Gasteiger partial charge in [-0.05, 0) is 67.8 Å². The van der Waals surface area contributed by atoms with Crippen LogP contribution in [0.5, 0.6) is 0 Å². The number of allylic oxidation sites excluding steroid dienone is 3. The van der Waals surface area contributed by atoms with Gasteiger partial charge >= 0.3 is 12.2 Å². The van der Waals surface area contributed by atoms with Gasteiger partial charge in [0.2, 0.25) is 0 Å². The minimum atomic E-state index is -4.49. The molecule has 3 aromatic rings. The van der Waals surface area contributed by atoms with E-state index in [1.165, 1.54) is 12.1 Å². The Morgan fingerprint density at radius 2 is 1.93 bits per heavy atom. The lowest BCUT2D eigenvalue weighted by Gasteiger charge is -2.25. The molecule has 218 valence electrons. The van der Waals surface area contributed by atoms with Crippen LogP contribution in [0.1, 0.15) is 62.3 Å². The predicted molar refractivity (Wildman–Crippen MR) is 154 cm³/mol. The zero-order valence-electron chi connectivity index (χ0n) is 23.5. The number of rotatable bonds is 9. The van der Waals surface area contributed by atoms with Crippen LogP contribution in [0.15, 0.2) is 54.3 Å². The number of nitrogens with two attached hydrogens (primary N) is 1. The molecule has 5 rings (SSSR count). The molecule has 2 atom stereocenters. The van der Waals surface area contributed by atoms with E-state index in [4.69, 9.17) is 10.7 Å². The predicted octanol–water partition coefficient (Wildman–Crippen LogP) is 6.25. The highest BCUT2D eigenvalue weighted by atomic mass is 19.4. The fourth-order valence-corrected chi connectivity index (χ4v) is 5.39. The lowest BCUT2D eigenvalue weighted by Crippen LogP contribution is -2.29. The maximum absolute atomic E-state index is 13.0. The summed E-state index contributed by atoms with van der Waals surface area (Å²) in [4.78, 5) is 19.9. The van der Waals surface area contributed by atoms with E-state index in [0.29, 0.717) is 24.0 Å².